The molecule has 3 aromatic rings. The van der Waals surface area contributed by atoms with Crippen LogP contribution in [0.25, 0.3) is 0 Å². The van der Waals surface area contributed by atoms with Crippen LogP contribution in [0.15, 0.2) is 78.9 Å². The van der Waals surface area contributed by atoms with Crippen LogP contribution in [0.1, 0.15) is 21.5 Å². The van der Waals surface area contributed by atoms with E-state index in [1.807, 2.05) is 54.6 Å². The predicted octanol–water partition coefficient (Wildman–Crippen LogP) is 5.26. The van der Waals surface area contributed by atoms with Gasteiger partial charge in [-0.2, -0.15) is 0 Å². The lowest BCUT2D eigenvalue weighted by Gasteiger charge is -2.05. The Morgan fingerprint density at radius 3 is 1.75 bits per heavy atom. The summed E-state index contributed by atoms with van der Waals surface area (Å²) in [6.07, 6.45) is 0. The molecule has 3 heteroatoms. The highest BCUT2D eigenvalue weighted by Gasteiger charge is 2.02. The molecule has 0 spiro atoms. The molecule has 0 bridgehead atoms. The molecule has 0 heterocycles. The highest BCUT2D eigenvalue weighted by Crippen LogP contribution is 2.22. The van der Waals surface area contributed by atoms with Crippen LogP contribution >= 0.6 is 11.6 Å². The van der Waals surface area contributed by atoms with E-state index in [2.05, 4.69) is 11.8 Å². The van der Waals surface area contributed by atoms with Gasteiger partial charge in [0, 0.05) is 16.7 Å². The van der Waals surface area contributed by atoms with E-state index in [0.717, 1.165) is 11.1 Å². The first-order valence-corrected chi connectivity index (χ1v) is 7.73. The van der Waals surface area contributed by atoms with Crippen LogP contribution in [0.5, 0.6) is 11.5 Å². The summed E-state index contributed by atoms with van der Waals surface area (Å²) in [5.41, 5.74) is 2.33. The number of hydrogen-bond donors (Lipinski definition) is 0. The molecular weight excluding hydrogens is 320 g/mol. The minimum Gasteiger partial charge on any atom is -0.457 e. The highest BCUT2D eigenvalue weighted by molar-refractivity contribution is 6.67. The van der Waals surface area contributed by atoms with E-state index in [4.69, 9.17) is 16.3 Å². The number of carbonyl (C=O) groups excluding carboxylic acids is 1. The monoisotopic (exact) mass is 332 g/mol. The second-order valence-corrected chi connectivity index (χ2v) is 5.38. The van der Waals surface area contributed by atoms with Crippen molar-refractivity contribution in [2.24, 2.45) is 0 Å². The van der Waals surface area contributed by atoms with E-state index >= 15 is 0 Å². The molecule has 3 aromatic carbocycles. The van der Waals surface area contributed by atoms with Crippen LogP contribution < -0.4 is 4.74 Å². The van der Waals surface area contributed by atoms with Crippen molar-refractivity contribution in [2.75, 3.05) is 0 Å². The van der Waals surface area contributed by atoms with Crippen molar-refractivity contribution < 1.29 is 9.53 Å². The molecule has 0 saturated heterocycles. The zero-order chi connectivity index (χ0) is 16.8. The van der Waals surface area contributed by atoms with Gasteiger partial charge >= 0.3 is 0 Å². The quantitative estimate of drug-likeness (QED) is 0.483. The Morgan fingerprint density at radius 1 is 0.708 bits per heavy atom. The number of rotatable bonds is 3. The van der Waals surface area contributed by atoms with Gasteiger partial charge < -0.3 is 4.74 Å². The SMILES string of the molecule is O=C(Cl)c1ccc(Oc2ccc(C#Cc3ccccc3)cc2)cc1. The Bertz CT molecular complexity index is 887. The van der Waals surface area contributed by atoms with E-state index in [0.29, 0.717) is 17.1 Å². The van der Waals surface area contributed by atoms with Crippen molar-refractivity contribution in [3.05, 3.63) is 95.6 Å². The van der Waals surface area contributed by atoms with Crippen molar-refractivity contribution in [1.29, 1.82) is 0 Å². The molecule has 3 rings (SSSR count). The first-order chi connectivity index (χ1) is 11.7. The third kappa shape index (κ3) is 4.25. The fourth-order valence-electron chi connectivity index (χ4n) is 2.06. The minimum atomic E-state index is -0.483. The Hall–Kier alpha value is -3.02. The average Bonchev–Trinajstić information content (AvgIpc) is 2.62. The summed E-state index contributed by atoms with van der Waals surface area (Å²) in [6.45, 7) is 0. The van der Waals surface area contributed by atoms with E-state index in [9.17, 15) is 4.79 Å². The number of halogens is 1. The van der Waals surface area contributed by atoms with Crippen LogP contribution in [0.3, 0.4) is 0 Å². The number of hydrogen-bond acceptors (Lipinski definition) is 2. The van der Waals surface area contributed by atoms with Crippen LogP contribution in [-0.2, 0) is 0 Å². The lowest BCUT2D eigenvalue weighted by molar-refractivity contribution is 0.108. The Balaban J connectivity index is 1.68. The maximum absolute atomic E-state index is 11.0. The van der Waals surface area contributed by atoms with Gasteiger partial charge in [0.2, 0.25) is 0 Å². The molecule has 0 amide bonds. The van der Waals surface area contributed by atoms with Gasteiger partial charge in [-0.1, -0.05) is 30.0 Å². The van der Waals surface area contributed by atoms with Gasteiger partial charge in [-0.15, -0.1) is 0 Å². The molecule has 0 aliphatic carbocycles. The molecule has 0 fully saturated rings. The van der Waals surface area contributed by atoms with Crippen molar-refractivity contribution >= 4 is 16.8 Å². The molecule has 116 valence electrons. The normalized spacial score (nSPS) is 9.71. The van der Waals surface area contributed by atoms with Crippen molar-refractivity contribution in [1.82, 2.24) is 0 Å². The fourth-order valence-corrected chi connectivity index (χ4v) is 2.19. The average molecular weight is 333 g/mol. The minimum absolute atomic E-state index is 0.440. The zero-order valence-corrected chi connectivity index (χ0v) is 13.5. The van der Waals surface area contributed by atoms with Crippen molar-refractivity contribution in [3.8, 4) is 23.3 Å². The largest absolute Gasteiger partial charge is 0.457 e. The molecule has 2 nitrogen and oxygen atoms in total. The Kier molecular flexibility index (Phi) is 4.96. The number of ether oxygens (including phenoxy) is 1. The first kappa shape index (κ1) is 15.9. The van der Waals surface area contributed by atoms with E-state index < -0.39 is 5.24 Å². The summed E-state index contributed by atoms with van der Waals surface area (Å²) in [5.74, 6) is 7.56. The van der Waals surface area contributed by atoms with Gasteiger partial charge in [0.05, 0.1) is 0 Å². The van der Waals surface area contributed by atoms with Crippen LogP contribution in [-0.4, -0.2) is 5.24 Å². The molecule has 0 saturated carbocycles. The summed E-state index contributed by atoms with van der Waals surface area (Å²) >= 11 is 5.41. The third-order valence-electron chi connectivity index (χ3n) is 3.30. The lowest BCUT2D eigenvalue weighted by Crippen LogP contribution is -1.89. The topological polar surface area (TPSA) is 26.3 Å². The van der Waals surface area contributed by atoms with Gasteiger partial charge in [0.25, 0.3) is 5.24 Å². The summed E-state index contributed by atoms with van der Waals surface area (Å²) in [5, 5.41) is -0.483. The number of carbonyl (C=O) groups is 1. The maximum atomic E-state index is 11.0. The molecule has 0 aromatic heterocycles. The molecule has 0 atom stereocenters. The summed E-state index contributed by atoms with van der Waals surface area (Å²) in [6, 6.07) is 24.0. The summed E-state index contributed by atoms with van der Waals surface area (Å²) in [4.78, 5) is 11.0. The smallest absolute Gasteiger partial charge is 0.252 e. The molecule has 0 unspecified atom stereocenters. The molecule has 0 aliphatic heterocycles. The second-order valence-electron chi connectivity index (χ2n) is 5.04. The molecule has 24 heavy (non-hydrogen) atoms. The first-order valence-electron chi connectivity index (χ1n) is 7.35. The second kappa shape index (κ2) is 7.50. The van der Waals surface area contributed by atoms with Crippen LogP contribution in [0.2, 0.25) is 0 Å². The molecule has 0 radical (unpaired) electrons. The number of benzene rings is 3. The highest BCUT2D eigenvalue weighted by atomic mass is 35.5. The molecular formula is C21H13ClO2. The predicted molar refractivity (Wildman–Crippen MR) is 95.6 cm³/mol. The van der Waals surface area contributed by atoms with Gasteiger partial charge in [-0.3, -0.25) is 4.79 Å². The zero-order valence-electron chi connectivity index (χ0n) is 12.7. The third-order valence-corrected chi connectivity index (χ3v) is 3.51. The van der Waals surface area contributed by atoms with Gasteiger partial charge in [-0.25, -0.2) is 0 Å². The maximum Gasteiger partial charge on any atom is 0.252 e. The van der Waals surface area contributed by atoms with Crippen LogP contribution in [0, 0.1) is 11.8 Å². The standard InChI is InChI=1S/C21H13ClO2/c22-21(23)18-10-14-20(15-11-18)24-19-12-8-17(9-13-19)7-6-16-4-2-1-3-5-16/h1-5,8-15H. The van der Waals surface area contributed by atoms with E-state index in [1.165, 1.54) is 0 Å². The van der Waals surface area contributed by atoms with Gasteiger partial charge in [-0.05, 0) is 72.3 Å². The fraction of sp³-hybridized carbons (Fsp3) is 0. The summed E-state index contributed by atoms with van der Waals surface area (Å²) in [7, 11) is 0. The van der Waals surface area contributed by atoms with Gasteiger partial charge in [0.1, 0.15) is 11.5 Å². The van der Waals surface area contributed by atoms with Crippen molar-refractivity contribution in [3.63, 3.8) is 0 Å². The molecule has 0 aliphatic rings. The molecule has 0 N–H and O–H groups in total. The van der Waals surface area contributed by atoms with E-state index in [1.54, 1.807) is 24.3 Å². The Morgan fingerprint density at radius 2 is 1.21 bits per heavy atom. The van der Waals surface area contributed by atoms with Crippen LogP contribution in [0.4, 0.5) is 0 Å². The van der Waals surface area contributed by atoms with Gasteiger partial charge in [0.15, 0.2) is 0 Å². The van der Waals surface area contributed by atoms with E-state index in [-0.39, 0.29) is 0 Å². The Labute approximate surface area is 145 Å². The van der Waals surface area contributed by atoms with Crippen molar-refractivity contribution in [2.45, 2.75) is 0 Å². The summed E-state index contributed by atoms with van der Waals surface area (Å²) < 4.78 is 5.73. The lowest BCUT2D eigenvalue weighted by atomic mass is 10.2.